The molecule has 0 amide bonds. The minimum atomic E-state index is 0.838. The standard InChI is InChI=1S/C14H19N/c1-2-7-13-11(4-1)5-3-6-12-10-15-9-8-14(12)13/h1-2,4,7,12,14-15H,3,5-6,8-10H2. The summed E-state index contributed by atoms with van der Waals surface area (Å²) in [6.07, 6.45) is 5.41. The Kier molecular flexibility index (Phi) is 2.49. The summed E-state index contributed by atoms with van der Waals surface area (Å²) in [6, 6.07) is 9.10. The van der Waals surface area contributed by atoms with Gasteiger partial charge in [-0.2, -0.15) is 0 Å². The van der Waals surface area contributed by atoms with Crippen molar-refractivity contribution in [1.29, 1.82) is 0 Å². The van der Waals surface area contributed by atoms with Crippen molar-refractivity contribution >= 4 is 0 Å². The van der Waals surface area contributed by atoms with E-state index in [4.69, 9.17) is 0 Å². The lowest BCUT2D eigenvalue weighted by molar-refractivity contribution is 0.311. The third-order valence-electron chi connectivity index (χ3n) is 4.08. The van der Waals surface area contributed by atoms with Gasteiger partial charge in [-0.25, -0.2) is 0 Å². The van der Waals surface area contributed by atoms with Gasteiger partial charge >= 0.3 is 0 Å². The highest BCUT2D eigenvalue weighted by atomic mass is 14.9. The van der Waals surface area contributed by atoms with Gasteiger partial charge in [0.1, 0.15) is 0 Å². The van der Waals surface area contributed by atoms with Crippen molar-refractivity contribution < 1.29 is 0 Å². The molecule has 1 aromatic rings. The molecule has 3 rings (SSSR count). The smallest absolute Gasteiger partial charge is 0.00147 e. The molecule has 1 heteroatoms. The van der Waals surface area contributed by atoms with Gasteiger partial charge in [0.25, 0.3) is 0 Å². The first-order chi connectivity index (χ1) is 7.45. The van der Waals surface area contributed by atoms with Gasteiger partial charge in [-0.15, -0.1) is 0 Å². The molecule has 1 saturated heterocycles. The first-order valence-corrected chi connectivity index (χ1v) is 6.23. The second-order valence-electron chi connectivity index (χ2n) is 4.95. The minimum Gasteiger partial charge on any atom is -0.316 e. The predicted octanol–water partition coefficient (Wildman–Crippen LogP) is 2.72. The van der Waals surface area contributed by atoms with Crippen LogP contribution in [0.5, 0.6) is 0 Å². The maximum atomic E-state index is 3.54. The molecule has 0 radical (unpaired) electrons. The van der Waals surface area contributed by atoms with E-state index in [1.165, 1.54) is 38.8 Å². The summed E-state index contributed by atoms with van der Waals surface area (Å²) in [4.78, 5) is 0. The fraction of sp³-hybridized carbons (Fsp3) is 0.571. The maximum Gasteiger partial charge on any atom is -0.00147 e. The summed E-state index contributed by atoms with van der Waals surface area (Å²) in [5.41, 5.74) is 3.27. The topological polar surface area (TPSA) is 12.0 Å². The number of aryl methyl sites for hydroxylation is 1. The highest BCUT2D eigenvalue weighted by Crippen LogP contribution is 2.38. The predicted molar refractivity (Wildman–Crippen MR) is 63.1 cm³/mol. The molecule has 1 heterocycles. The summed E-state index contributed by atoms with van der Waals surface area (Å²) in [7, 11) is 0. The van der Waals surface area contributed by atoms with Gasteiger partial charge in [0.2, 0.25) is 0 Å². The molecule has 0 bridgehead atoms. The summed E-state index contributed by atoms with van der Waals surface area (Å²) >= 11 is 0. The van der Waals surface area contributed by atoms with Gasteiger partial charge in [0, 0.05) is 0 Å². The zero-order valence-electron chi connectivity index (χ0n) is 9.21. The normalized spacial score (nSPS) is 30.1. The molecular weight excluding hydrogens is 182 g/mol. The van der Waals surface area contributed by atoms with Crippen LogP contribution in [0, 0.1) is 5.92 Å². The Bertz CT molecular complexity index is 345. The van der Waals surface area contributed by atoms with E-state index in [2.05, 4.69) is 29.6 Å². The van der Waals surface area contributed by atoms with E-state index in [0.717, 1.165) is 11.8 Å². The highest BCUT2D eigenvalue weighted by molar-refractivity contribution is 5.32. The van der Waals surface area contributed by atoms with Crippen molar-refractivity contribution in [3.05, 3.63) is 35.4 Å². The Hall–Kier alpha value is -0.820. The fourth-order valence-electron chi connectivity index (χ4n) is 3.31. The molecule has 0 spiro atoms. The second-order valence-corrected chi connectivity index (χ2v) is 4.95. The average molecular weight is 201 g/mol. The third kappa shape index (κ3) is 1.69. The van der Waals surface area contributed by atoms with Gasteiger partial charge in [-0.3, -0.25) is 0 Å². The average Bonchev–Trinajstić information content (AvgIpc) is 2.48. The SMILES string of the molecule is c1ccc2c(c1)CCCC1CNCCC21. The van der Waals surface area contributed by atoms with Crippen LogP contribution < -0.4 is 5.32 Å². The van der Waals surface area contributed by atoms with Crippen molar-refractivity contribution in [2.45, 2.75) is 31.6 Å². The van der Waals surface area contributed by atoms with Gasteiger partial charge in [-0.1, -0.05) is 24.3 Å². The molecule has 0 aromatic heterocycles. The summed E-state index contributed by atoms with van der Waals surface area (Å²) in [6.45, 7) is 2.44. The number of benzene rings is 1. The Morgan fingerprint density at radius 1 is 1.13 bits per heavy atom. The molecule has 2 unspecified atom stereocenters. The number of nitrogens with one attached hydrogen (secondary N) is 1. The van der Waals surface area contributed by atoms with E-state index >= 15 is 0 Å². The monoisotopic (exact) mass is 201 g/mol. The first-order valence-electron chi connectivity index (χ1n) is 6.23. The van der Waals surface area contributed by atoms with Crippen LogP contribution in [0.3, 0.4) is 0 Å². The zero-order chi connectivity index (χ0) is 10.1. The fourth-order valence-corrected chi connectivity index (χ4v) is 3.31. The molecule has 2 aliphatic rings. The Morgan fingerprint density at radius 2 is 2.07 bits per heavy atom. The molecule has 2 atom stereocenters. The van der Waals surface area contributed by atoms with Crippen LogP contribution in [-0.4, -0.2) is 13.1 Å². The van der Waals surface area contributed by atoms with Crippen molar-refractivity contribution in [1.82, 2.24) is 5.32 Å². The minimum absolute atomic E-state index is 0.838. The van der Waals surface area contributed by atoms with Crippen LogP contribution in [0.4, 0.5) is 0 Å². The van der Waals surface area contributed by atoms with Crippen LogP contribution in [0.2, 0.25) is 0 Å². The van der Waals surface area contributed by atoms with Gasteiger partial charge in [0.15, 0.2) is 0 Å². The van der Waals surface area contributed by atoms with E-state index in [-0.39, 0.29) is 0 Å². The zero-order valence-corrected chi connectivity index (χ0v) is 9.21. The van der Waals surface area contributed by atoms with Crippen molar-refractivity contribution in [2.24, 2.45) is 5.92 Å². The number of fused-ring (bicyclic) bond motifs is 3. The largest absolute Gasteiger partial charge is 0.316 e. The molecule has 1 N–H and O–H groups in total. The quantitative estimate of drug-likeness (QED) is 0.680. The molecule has 1 nitrogen and oxygen atoms in total. The van der Waals surface area contributed by atoms with Gasteiger partial charge in [-0.05, 0) is 61.7 Å². The van der Waals surface area contributed by atoms with Crippen LogP contribution in [0.1, 0.15) is 36.3 Å². The lowest BCUT2D eigenvalue weighted by Crippen LogP contribution is -2.35. The number of rotatable bonds is 0. The lowest BCUT2D eigenvalue weighted by atomic mass is 9.80. The Balaban J connectivity index is 1.99. The van der Waals surface area contributed by atoms with E-state index in [1.54, 1.807) is 11.1 Å². The Labute approximate surface area is 91.9 Å². The molecule has 1 aliphatic carbocycles. The van der Waals surface area contributed by atoms with Crippen molar-refractivity contribution in [3.8, 4) is 0 Å². The van der Waals surface area contributed by atoms with Crippen molar-refractivity contribution in [3.63, 3.8) is 0 Å². The van der Waals surface area contributed by atoms with E-state index in [0.29, 0.717) is 0 Å². The second kappa shape index (κ2) is 3.97. The molecule has 1 aliphatic heterocycles. The lowest BCUT2D eigenvalue weighted by Gasteiger charge is -2.31. The number of hydrogen-bond donors (Lipinski definition) is 1. The van der Waals surface area contributed by atoms with E-state index < -0.39 is 0 Å². The molecule has 1 aromatic carbocycles. The van der Waals surface area contributed by atoms with Gasteiger partial charge in [0.05, 0.1) is 0 Å². The van der Waals surface area contributed by atoms with E-state index in [9.17, 15) is 0 Å². The van der Waals surface area contributed by atoms with Crippen LogP contribution in [0.25, 0.3) is 0 Å². The molecule has 80 valence electrons. The van der Waals surface area contributed by atoms with Crippen LogP contribution >= 0.6 is 0 Å². The van der Waals surface area contributed by atoms with Crippen LogP contribution in [0.15, 0.2) is 24.3 Å². The Morgan fingerprint density at radius 3 is 3.07 bits per heavy atom. The molecule has 1 fully saturated rings. The number of hydrogen-bond acceptors (Lipinski definition) is 1. The molecule has 0 saturated carbocycles. The molecule has 15 heavy (non-hydrogen) atoms. The molecular formula is C14H19N. The maximum absolute atomic E-state index is 3.54. The highest BCUT2D eigenvalue weighted by Gasteiger charge is 2.29. The summed E-state index contributed by atoms with van der Waals surface area (Å²) in [5.74, 6) is 1.73. The number of piperidine rings is 1. The van der Waals surface area contributed by atoms with Crippen molar-refractivity contribution in [2.75, 3.05) is 13.1 Å². The first kappa shape index (κ1) is 9.41. The summed E-state index contributed by atoms with van der Waals surface area (Å²) in [5, 5.41) is 3.54. The van der Waals surface area contributed by atoms with Gasteiger partial charge < -0.3 is 5.32 Å². The third-order valence-corrected chi connectivity index (χ3v) is 4.08. The summed E-state index contributed by atoms with van der Waals surface area (Å²) < 4.78 is 0. The van der Waals surface area contributed by atoms with Crippen LogP contribution in [-0.2, 0) is 6.42 Å². The van der Waals surface area contributed by atoms with E-state index in [1.807, 2.05) is 0 Å².